The monoisotopic (exact) mass is 386 g/mol. The van der Waals surface area contributed by atoms with E-state index in [0.29, 0.717) is 31.0 Å². The zero-order valence-electron chi connectivity index (χ0n) is 16.8. The average Bonchev–Trinajstić information content (AvgIpc) is 2.99. The van der Waals surface area contributed by atoms with Crippen LogP contribution in [0.25, 0.3) is 0 Å². The van der Waals surface area contributed by atoms with Gasteiger partial charge in [0, 0.05) is 12.3 Å². The standard InChI is InChI=1S/C21H38O6/c1-2-3-4-5-6-9-16-12-13-19(23)17(16)10-7-8-11-18(20(24)25)21(26)27-15-14-22/h16-18,21-22,26H,2-15H2,1H3,(H,24,25)/t16-,17+,18?,21?/m0/s1. The maximum atomic E-state index is 12.2. The van der Waals surface area contributed by atoms with Crippen molar-refractivity contribution in [3.63, 3.8) is 0 Å². The van der Waals surface area contributed by atoms with Crippen LogP contribution in [0.2, 0.25) is 0 Å². The van der Waals surface area contributed by atoms with Crippen LogP contribution in [0.5, 0.6) is 0 Å². The van der Waals surface area contributed by atoms with E-state index in [0.717, 1.165) is 25.7 Å². The fourth-order valence-corrected chi connectivity index (χ4v) is 4.14. The zero-order valence-corrected chi connectivity index (χ0v) is 16.8. The molecule has 0 bridgehead atoms. The van der Waals surface area contributed by atoms with Gasteiger partial charge in [0.1, 0.15) is 11.7 Å². The molecule has 1 saturated carbocycles. The summed E-state index contributed by atoms with van der Waals surface area (Å²) >= 11 is 0. The van der Waals surface area contributed by atoms with Gasteiger partial charge in [-0.25, -0.2) is 0 Å². The maximum Gasteiger partial charge on any atom is 0.311 e. The number of Topliss-reactive ketones (excluding diaryl/α,β-unsaturated/α-hetero) is 1. The van der Waals surface area contributed by atoms with Crippen LogP contribution in [-0.2, 0) is 14.3 Å². The molecule has 1 aliphatic rings. The van der Waals surface area contributed by atoms with Crippen LogP contribution >= 0.6 is 0 Å². The minimum Gasteiger partial charge on any atom is -0.481 e. The van der Waals surface area contributed by atoms with Crippen molar-refractivity contribution in [2.75, 3.05) is 13.2 Å². The number of aliphatic hydroxyl groups is 2. The van der Waals surface area contributed by atoms with Gasteiger partial charge in [0.2, 0.25) is 0 Å². The lowest BCUT2D eigenvalue weighted by atomic mass is 9.86. The molecule has 1 rings (SSSR count). The molecule has 158 valence electrons. The molecule has 6 nitrogen and oxygen atoms in total. The van der Waals surface area contributed by atoms with E-state index >= 15 is 0 Å². The molecule has 3 N–H and O–H groups in total. The number of ether oxygens (including phenoxy) is 1. The first-order valence-corrected chi connectivity index (χ1v) is 10.7. The number of aliphatic hydroxyl groups excluding tert-OH is 2. The highest BCUT2D eigenvalue weighted by Crippen LogP contribution is 2.36. The predicted octanol–water partition coefficient (Wildman–Crippen LogP) is 3.53. The summed E-state index contributed by atoms with van der Waals surface area (Å²) in [5.41, 5.74) is 0. The van der Waals surface area contributed by atoms with E-state index in [1.165, 1.54) is 32.1 Å². The summed E-state index contributed by atoms with van der Waals surface area (Å²) in [7, 11) is 0. The van der Waals surface area contributed by atoms with Gasteiger partial charge < -0.3 is 20.1 Å². The van der Waals surface area contributed by atoms with Crippen molar-refractivity contribution in [1.29, 1.82) is 0 Å². The zero-order chi connectivity index (χ0) is 20.1. The van der Waals surface area contributed by atoms with Gasteiger partial charge in [-0.15, -0.1) is 0 Å². The molecular formula is C21H38O6. The Hall–Kier alpha value is -0.980. The fourth-order valence-electron chi connectivity index (χ4n) is 4.14. The summed E-state index contributed by atoms with van der Waals surface area (Å²) in [6.07, 6.45) is 10.2. The molecule has 0 heterocycles. The second-order valence-corrected chi connectivity index (χ2v) is 7.79. The van der Waals surface area contributed by atoms with Gasteiger partial charge in [-0.3, -0.25) is 9.59 Å². The number of carboxylic acids is 1. The molecule has 0 radical (unpaired) electrons. The van der Waals surface area contributed by atoms with Crippen LogP contribution in [0.1, 0.15) is 84.0 Å². The first-order chi connectivity index (χ1) is 13.0. The third-order valence-corrected chi connectivity index (χ3v) is 5.74. The van der Waals surface area contributed by atoms with E-state index in [1.807, 2.05) is 0 Å². The van der Waals surface area contributed by atoms with Gasteiger partial charge in [0.25, 0.3) is 0 Å². The lowest BCUT2D eigenvalue weighted by Gasteiger charge is -2.20. The number of carboxylic acid groups (broad SMARTS) is 1. The second kappa shape index (κ2) is 14.1. The Bertz CT molecular complexity index is 425. The van der Waals surface area contributed by atoms with Crippen molar-refractivity contribution in [1.82, 2.24) is 0 Å². The van der Waals surface area contributed by atoms with Crippen molar-refractivity contribution < 1.29 is 29.6 Å². The molecule has 0 saturated heterocycles. The summed E-state index contributed by atoms with van der Waals surface area (Å²) in [6.45, 7) is 1.87. The summed E-state index contributed by atoms with van der Waals surface area (Å²) in [4.78, 5) is 23.5. The van der Waals surface area contributed by atoms with Gasteiger partial charge in [-0.2, -0.15) is 0 Å². The number of hydrogen-bond donors (Lipinski definition) is 3. The van der Waals surface area contributed by atoms with E-state index in [2.05, 4.69) is 6.92 Å². The molecule has 0 aliphatic heterocycles. The second-order valence-electron chi connectivity index (χ2n) is 7.79. The van der Waals surface area contributed by atoms with Gasteiger partial charge in [-0.1, -0.05) is 51.9 Å². The van der Waals surface area contributed by atoms with Crippen LogP contribution in [0.15, 0.2) is 0 Å². The summed E-state index contributed by atoms with van der Waals surface area (Å²) in [6, 6.07) is 0. The smallest absolute Gasteiger partial charge is 0.311 e. The van der Waals surface area contributed by atoms with Crippen molar-refractivity contribution in [3.05, 3.63) is 0 Å². The number of aliphatic carboxylic acids is 1. The largest absolute Gasteiger partial charge is 0.481 e. The third kappa shape index (κ3) is 9.17. The van der Waals surface area contributed by atoms with Crippen LogP contribution in [0.4, 0.5) is 0 Å². The molecule has 1 fully saturated rings. The van der Waals surface area contributed by atoms with E-state index in [9.17, 15) is 19.8 Å². The number of carbonyl (C=O) groups is 2. The molecule has 1 aliphatic carbocycles. The van der Waals surface area contributed by atoms with Crippen LogP contribution in [-0.4, -0.2) is 46.6 Å². The topological polar surface area (TPSA) is 104 Å². The molecule has 0 aromatic heterocycles. The Kier molecular flexibility index (Phi) is 12.5. The third-order valence-electron chi connectivity index (χ3n) is 5.74. The highest BCUT2D eigenvalue weighted by Gasteiger charge is 2.33. The highest BCUT2D eigenvalue weighted by atomic mass is 16.6. The Morgan fingerprint density at radius 2 is 1.85 bits per heavy atom. The van der Waals surface area contributed by atoms with Crippen molar-refractivity contribution in [2.24, 2.45) is 17.8 Å². The normalized spacial score (nSPS) is 22.1. The van der Waals surface area contributed by atoms with Gasteiger partial charge in [0.05, 0.1) is 13.2 Å². The van der Waals surface area contributed by atoms with Gasteiger partial charge in [0.15, 0.2) is 6.29 Å². The minimum absolute atomic E-state index is 0.0819. The molecule has 0 spiro atoms. The average molecular weight is 387 g/mol. The van der Waals surface area contributed by atoms with Crippen molar-refractivity contribution in [3.8, 4) is 0 Å². The number of ketones is 1. The Labute approximate surface area is 163 Å². The minimum atomic E-state index is -1.40. The summed E-state index contributed by atoms with van der Waals surface area (Å²) in [5.74, 6) is -1.09. The first-order valence-electron chi connectivity index (χ1n) is 10.7. The fraction of sp³-hybridized carbons (Fsp3) is 0.905. The molecular weight excluding hydrogens is 348 g/mol. The Morgan fingerprint density at radius 3 is 2.52 bits per heavy atom. The summed E-state index contributed by atoms with van der Waals surface area (Å²) in [5, 5.41) is 27.7. The number of carbonyl (C=O) groups excluding carboxylic acids is 1. The van der Waals surface area contributed by atoms with Crippen LogP contribution < -0.4 is 0 Å². The lowest BCUT2D eigenvalue weighted by Crippen LogP contribution is -2.31. The summed E-state index contributed by atoms with van der Waals surface area (Å²) < 4.78 is 4.92. The quantitative estimate of drug-likeness (QED) is 0.277. The number of rotatable bonds is 16. The highest BCUT2D eigenvalue weighted by molar-refractivity contribution is 5.83. The van der Waals surface area contributed by atoms with E-state index in [1.54, 1.807) is 0 Å². The molecule has 0 amide bonds. The molecule has 6 heteroatoms. The van der Waals surface area contributed by atoms with E-state index in [4.69, 9.17) is 9.84 Å². The molecule has 4 atom stereocenters. The molecule has 27 heavy (non-hydrogen) atoms. The first kappa shape index (κ1) is 24.1. The predicted molar refractivity (Wildman–Crippen MR) is 103 cm³/mol. The number of unbranched alkanes of at least 4 members (excludes halogenated alkanes) is 5. The molecule has 2 unspecified atom stereocenters. The van der Waals surface area contributed by atoms with Gasteiger partial charge in [-0.05, 0) is 31.6 Å². The SMILES string of the molecule is CCCCCCC[C@H]1CCC(=O)[C@@H]1CCCCC(C(=O)O)C(O)OCCO. The Balaban J connectivity index is 2.32. The van der Waals surface area contributed by atoms with Crippen LogP contribution in [0.3, 0.4) is 0 Å². The number of hydrogen-bond acceptors (Lipinski definition) is 5. The maximum absolute atomic E-state index is 12.2. The van der Waals surface area contributed by atoms with Crippen molar-refractivity contribution >= 4 is 11.8 Å². The molecule has 0 aromatic rings. The Morgan fingerprint density at radius 1 is 1.15 bits per heavy atom. The van der Waals surface area contributed by atoms with Crippen LogP contribution in [0, 0.1) is 17.8 Å². The van der Waals surface area contributed by atoms with E-state index < -0.39 is 18.2 Å². The molecule has 0 aromatic carbocycles. The lowest BCUT2D eigenvalue weighted by molar-refractivity contribution is -0.173. The van der Waals surface area contributed by atoms with E-state index in [-0.39, 0.29) is 19.1 Å². The van der Waals surface area contributed by atoms with Crippen molar-refractivity contribution in [2.45, 2.75) is 90.3 Å². The van der Waals surface area contributed by atoms with Gasteiger partial charge >= 0.3 is 5.97 Å².